The van der Waals surface area contributed by atoms with Gasteiger partial charge in [0.1, 0.15) is 5.01 Å². The molecule has 2 aromatic heterocycles. The van der Waals surface area contributed by atoms with E-state index in [1.54, 1.807) is 35.5 Å². The predicted molar refractivity (Wildman–Crippen MR) is 69.4 cm³/mol. The highest BCUT2D eigenvalue weighted by atomic mass is 32.2. The molecule has 18 heavy (non-hydrogen) atoms. The van der Waals surface area contributed by atoms with Crippen molar-refractivity contribution in [3.8, 4) is 0 Å². The summed E-state index contributed by atoms with van der Waals surface area (Å²) in [6.07, 6.45) is 3.19. The lowest BCUT2D eigenvalue weighted by Crippen LogP contribution is -2.22. The quantitative estimate of drug-likeness (QED) is 0.833. The van der Waals surface area contributed by atoms with Crippen LogP contribution in [0.15, 0.2) is 28.7 Å². The lowest BCUT2D eigenvalue weighted by molar-refractivity contribution is 0.581. The van der Waals surface area contributed by atoms with Crippen molar-refractivity contribution in [1.29, 1.82) is 0 Å². The summed E-state index contributed by atoms with van der Waals surface area (Å²) in [4.78, 5) is 4.24. The SMILES string of the molecule is Cn1cc(S(=O)(=O)NCc2nccs2)cc1CN. The van der Waals surface area contributed by atoms with Gasteiger partial charge in [0.2, 0.25) is 10.0 Å². The number of nitrogens with two attached hydrogens (primary N) is 1. The van der Waals surface area contributed by atoms with Crippen LogP contribution in [0.1, 0.15) is 10.7 Å². The van der Waals surface area contributed by atoms with Crippen LogP contribution in [-0.4, -0.2) is 18.0 Å². The molecule has 3 N–H and O–H groups in total. The van der Waals surface area contributed by atoms with Gasteiger partial charge in [0.05, 0.1) is 11.4 Å². The Morgan fingerprint density at radius 1 is 1.56 bits per heavy atom. The molecule has 0 bridgehead atoms. The summed E-state index contributed by atoms with van der Waals surface area (Å²) < 4.78 is 28.3. The zero-order chi connectivity index (χ0) is 13.2. The second-order valence-corrected chi connectivity index (χ2v) is 6.48. The Morgan fingerprint density at radius 2 is 2.33 bits per heavy atom. The number of aromatic nitrogens is 2. The van der Waals surface area contributed by atoms with Gasteiger partial charge in [0.25, 0.3) is 0 Å². The van der Waals surface area contributed by atoms with E-state index in [4.69, 9.17) is 5.73 Å². The summed E-state index contributed by atoms with van der Waals surface area (Å²) in [6, 6.07) is 1.57. The molecule has 0 unspecified atom stereocenters. The molecule has 8 heteroatoms. The Hall–Kier alpha value is -1.22. The van der Waals surface area contributed by atoms with Gasteiger partial charge in [-0.15, -0.1) is 11.3 Å². The molecular formula is C10H14N4O2S2. The van der Waals surface area contributed by atoms with E-state index in [9.17, 15) is 8.42 Å². The molecule has 0 atom stereocenters. The van der Waals surface area contributed by atoms with E-state index < -0.39 is 10.0 Å². The minimum absolute atomic E-state index is 0.201. The van der Waals surface area contributed by atoms with Gasteiger partial charge < -0.3 is 10.3 Å². The van der Waals surface area contributed by atoms with Crippen LogP contribution in [0.5, 0.6) is 0 Å². The molecule has 0 radical (unpaired) electrons. The van der Waals surface area contributed by atoms with Crippen molar-refractivity contribution in [3.05, 3.63) is 34.5 Å². The number of aryl methyl sites for hydroxylation is 1. The molecular weight excluding hydrogens is 272 g/mol. The number of rotatable bonds is 5. The monoisotopic (exact) mass is 286 g/mol. The molecule has 6 nitrogen and oxygen atoms in total. The zero-order valence-corrected chi connectivity index (χ0v) is 11.5. The van der Waals surface area contributed by atoms with Gasteiger partial charge in [-0.2, -0.15) is 0 Å². The van der Waals surface area contributed by atoms with E-state index in [1.807, 2.05) is 0 Å². The van der Waals surface area contributed by atoms with Crippen molar-refractivity contribution in [2.24, 2.45) is 12.8 Å². The summed E-state index contributed by atoms with van der Waals surface area (Å²) in [7, 11) is -1.74. The second kappa shape index (κ2) is 5.19. The van der Waals surface area contributed by atoms with Gasteiger partial charge in [-0.25, -0.2) is 18.1 Å². The van der Waals surface area contributed by atoms with Crippen molar-refractivity contribution >= 4 is 21.4 Å². The highest BCUT2D eigenvalue weighted by molar-refractivity contribution is 7.89. The highest BCUT2D eigenvalue weighted by Gasteiger charge is 2.17. The van der Waals surface area contributed by atoms with E-state index in [1.165, 1.54) is 11.3 Å². The average Bonchev–Trinajstić information content (AvgIpc) is 2.95. The van der Waals surface area contributed by atoms with Crippen LogP contribution in [0.4, 0.5) is 0 Å². The smallest absolute Gasteiger partial charge is 0.242 e. The first-order chi connectivity index (χ1) is 8.53. The highest BCUT2D eigenvalue weighted by Crippen LogP contribution is 2.14. The van der Waals surface area contributed by atoms with Crippen LogP contribution in [0.25, 0.3) is 0 Å². The molecule has 0 fully saturated rings. The fraction of sp³-hybridized carbons (Fsp3) is 0.300. The van der Waals surface area contributed by atoms with Crippen molar-refractivity contribution in [3.63, 3.8) is 0 Å². The van der Waals surface area contributed by atoms with Crippen LogP contribution >= 0.6 is 11.3 Å². The number of thiazole rings is 1. The van der Waals surface area contributed by atoms with Crippen LogP contribution < -0.4 is 10.5 Å². The van der Waals surface area contributed by atoms with Gasteiger partial charge in [-0.3, -0.25) is 0 Å². The minimum Gasteiger partial charge on any atom is -0.352 e. The molecule has 0 spiro atoms. The third-order valence-corrected chi connectivity index (χ3v) is 4.65. The fourth-order valence-electron chi connectivity index (χ4n) is 1.51. The Morgan fingerprint density at radius 3 is 2.89 bits per heavy atom. The summed E-state index contributed by atoms with van der Waals surface area (Å²) in [5, 5.41) is 2.53. The third-order valence-electron chi connectivity index (χ3n) is 2.50. The van der Waals surface area contributed by atoms with Crippen LogP contribution in [-0.2, 0) is 30.2 Å². The first-order valence-corrected chi connectivity index (χ1v) is 7.62. The summed E-state index contributed by atoms with van der Waals surface area (Å²) in [5.41, 5.74) is 6.28. The number of nitrogens with one attached hydrogen (secondary N) is 1. The molecule has 2 aromatic rings. The van der Waals surface area contributed by atoms with Crippen molar-refractivity contribution < 1.29 is 8.42 Å². The summed E-state index contributed by atoms with van der Waals surface area (Å²) in [6.45, 7) is 0.505. The van der Waals surface area contributed by atoms with Gasteiger partial charge in [-0.05, 0) is 6.07 Å². The average molecular weight is 286 g/mol. The van der Waals surface area contributed by atoms with Crippen LogP contribution in [0, 0.1) is 0 Å². The van der Waals surface area contributed by atoms with Crippen molar-refractivity contribution in [2.75, 3.05) is 0 Å². The van der Waals surface area contributed by atoms with Gasteiger partial charge >= 0.3 is 0 Å². The molecule has 2 heterocycles. The maximum Gasteiger partial charge on any atom is 0.242 e. The van der Waals surface area contributed by atoms with E-state index >= 15 is 0 Å². The maximum atomic E-state index is 12.0. The lowest BCUT2D eigenvalue weighted by atomic mass is 10.4. The maximum absolute atomic E-state index is 12.0. The molecule has 0 amide bonds. The Kier molecular flexibility index (Phi) is 3.81. The van der Waals surface area contributed by atoms with Gasteiger partial charge in [-0.1, -0.05) is 0 Å². The Labute approximate surface area is 110 Å². The number of nitrogens with zero attached hydrogens (tertiary/aromatic N) is 2. The van der Waals surface area contributed by atoms with E-state index in [0.717, 1.165) is 10.7 Å². The molecule has 2 rings (SSSR count). The van der Waals surface area contributed by atoms with E-state index in [2.05, 4.69) is 9.71 Å². The molecule has 98 valence electrons. The summed E-state index contributed by atoms with van der Waals surface area (Å²) in [5.74, 6) is 0. The van der Waals surface area contributed by atoms with Gasteiger partial charge in [0.15, 0.2) is 0 Å². The largest absolute Gasteiger partial charge is 0.352 e. The summed E-state index contributed by atoms with van der Waals surface area (Å²) >= 11 is 1.41. The topological polar surface area (TPSA) is 90.0 Å². The van der Waals surface area contributed by atoms with Crippen molar-refractivity contribution in [2.45, 2.75) is 18.0 Å². The first kappa shape index (κ1) is 13.2. The molecule has 0 aliphatic carbocycles. The molecule has 0 saturated heterocycles. The normalized spacial score (nSPS) is 11.9. The molecule has 0 aliphatic rings. The van der Waals surface area contributed by atoms with Gasteiger partial charge in [0, 0.05) is 37.1 Å². The lowest BCUT2D eigenvalue weighted by Gasteiger charge is -2.02. The zero-order valence-electron chi connectivity index (χ0n) is 9.83. The van der Waals surface area contributed by atoms with Crippen LogP contribution in [0.3, 0.4) is 0 Å². The predicted octanol–water partition coefficient (Wildman–Crippen LogP) is 0.419. The minimum atomic E-state index is -3.51. The number of hydrogen-bond donors (Lipinski definition) is 2. The number of sulfonamides is 1. The Balaban J connectivity index is 2.14. The number of hydrogen-bond acceptors (Lipinski definition) is 5. The Bertz CT molecular complexity index is 616. The molecule has 0 aromatic carbocycles. The fourth-order valence-corrected chi connectivity index (χ4v) is 3.24. The third kappa shape index (κ3) is 2.78. The molecule has 0 aliphatic heterocycles. The second-order valence-electron chi connectivity index (χ2n) is 3.73. The first-order valence-electron chi connectivity index (χ1n) is 5.26. The van der Waals surface area contributed by atoms with Crippen LogP contribution in [0.2, 0.25) is 0 Å². The van der Waals surface area contributed by atoms with Crippen molar-refractivity contribution in [1.82, 2.24) is 14.3 Å². The standard InChI is InChI=1S/C10H14N4O2S2/c1-14-7-9(4-8(14)5-11)18(15,16)13-6-10-12-2-3-17-10/h2-4,7,13H,5-6,11H2,1H3. The van der Waals surface area contributed by atoms with E-state index in [0.29, 0.717) is 6.54 Å². The molecule has 0 saturated carbocycles. The van der Waals surface area contributed by atoms with E-state index in [-0.39, 0.29) is 11.4 Å².